The van der Waals surface area contributed by atoms with Gasteiger partial charge in [0.05, 0.1) is 12.8 Å². The lowest BCUT2D eigenvalue weighted by Crippen LogP contribution is -2.60. The van der Waals surface area contributed by atoms with Crippen LogP contribution >= 0.6 is 15.9 Å². The van der Waals surface area contributed by atoms with Crippen molar-refractivity contribution in [3.63, 3.8) is 0 Å². The van der Waals surface area contributed by atoms with Gasteiger partial charge in [0, 0.05) is 27.5 Å². The van der Waals surface area contributed by atoms with Gasteiger partial charge in [-0.1, -0.05) is 46.3 Å². The number of hydrogen-bond donors (Lipinski definition) is 1. The number of carbonyl (C=O) groups excluding carboxylic acids is 2. The number of aromatic nitrogens is 1. The van der Waals surface area contributed by atoms with Gasteiger partial charge in [-0.15, -0.1) is 0 Å². The molecule has 3 aromatic rings. The summed E-state index contributed by atoms with van der Waals surface area (Å²) < 4.78 is 0.973. The van der Waals surface area contributed by atoms with E-state index in [0.717, 1.165) is 32.2 Å². The number of para-hydroxylation sites is 1. The molecule has 140 valence electrons. The van der Waals surface area contributed by atoms with E-state index in [1.807, 2.05) is 42.5 Å². The molecule has 6 nitrogen and oxygen atoms in total. The van der Waals surface area contributed by atoms with Crippen LogP contribution in [0.3, 0.4) is 0 Å². The van der Waals surface area contributed by atoms with Crippen LogP contribution in [0.5, 0.6) is 0 Å². The van der Waals surface area contributed by atoms with Crippen molar-refractivity contribution in [2.45, 2.75) is 19.0 Å². The highest BCUT2D eigenvalue weighted by Crippen LogP contribution is 2.32. The van der Waals surface area contributed by atoms with E-state index in [0.29, 0.717) is 13.0 Å². The van der Waals surface area contributed by atoms with Crippen LogP contribution in [-0.4, -0.2) is 45.5 Å². The maximum Gasteiger partial charge on any atom is 0.266 e. The first-order valence-corrected chi connectivity index (χ1v) is 9.88. The minimum atomic E-state index is -0.505. The van der Waals surface area contributed by atoms with Gasteiger partial charge >= 0.3 is 0 Å². The molecule has 0 aliphatic carbocycles. The number of halogens is 1. The van der Waals surface area contributed by atoms with E-state index >= 15 is 0 Å². The van der Waals surface area contributed by atoms with Crippen molar-refractivity contribution in [2.24, 2.45) is 5.10 Å². The second-order valence-electron chi connectivity index (χ2n) is 7.06. The Bertz CT molecular complexity index is 1120. The summed E-state index contributed by atoms with van der Waals surface area (Å²) >= 11 is 3.39. The molecule has 1 N–H and O–H groups in total. The number of rotatable bonds is 2. The zero-order valence-corrected chi connectivity index (χ0v) is 16.5. The van der Waals surface area contributed by atoms with Gasteiger partial charge in [-0.05, 0) is 29.3 Å². The molecule has 0 saturated carbocycles. The van der Waals surface area contributed by atoms with Crippen molar-refractivity contribution >= 4 is 44.9 Å². The van der Waals surface area contributed by atoms with Crippen molar-refractivity contribution in [1.29, 1.82) is 0 Å². The predicted molar refractivity (Wildman–Crippen MR) is 110 cm³/mol. The quantitative estimate of drug-likeness (QED) is 0.627. The number of piperazine rings is 1. The molecule has 2 aliphatic heterocycles. The standard InChI is InChI=1S/C21H17BrN4O2/c22-14-7-5-13(6-8-14)10-23-26-12-20(27)25-11-18-16(9-19(25)21(26)28)15-3-1-2-4-17(15)24-18/h1-8,10,19,24H,9,11-12H2/b23-10-/t19-/m1/s1. The smallest absolute Gasteiger partial charge is 0.266 e. The molecule has 28 heavy (non-hydrogen) atoms. The minimum Gasteiger partial charge on any atom is -0.357 e. The largest absolute Gasteiger partial charge is 0.357 e. The van der Waals surface area contributed by atoms with E-state index < -0.39 is 6.04 Å². The van der Waals surface area contributed by atoms with Crippen LogP contribution in [0.25, 0.3) is 10.9 Å². The number of fused-ring (bicyclic) bond motifs is 4. The van der Waals surface area contributed by atoms with E-state index in [1.54, 1.807) is 11.1 Å². The van der Waals surface area contributed by atoms with Crippen molar-refractivity contribution in [2.75, 3.05) is 6.54 Å². The number of benzene rings is 2. The summed E-state index contributed by atoms with van der Waals surface area (Å²) in [6, 6.07) is 15.2. The van der Waals surface area contributed by atoms with E-state index in [2.05, 4.69) is 32.1 Å². The number of aromatic amines is 1. The van der Waals surface area contributed by atoms with Crippen LogP contribution in [0, 0.1) is 0 Å². The molecule has 7 heteroatoms. The number of amides is 2. The van der Waals surface area contributed by atoms with Crippen molar-refractivity contribution < 1.29 is 9.59 Å². The molecule has 3 heterocycles. The fourth-order valence-corrected chi connectivity index (χ4v) is 4.21. The Morgan fingerprint density at radius 1 is 1.07 bits per heavy atom. The number of nitrogens with zero attached hydrogens (tertiary/aromatic N) is 3. The fraction of sp³-hybridized carbons (Fsp3) is 0.190. The van der Waals surface area contributed by atoms with Crippen LogP contribution in [-0.2, 0) is 22.6 Å². The van der Waals surface area contributed by atoms with Crippen LogP contribution in [0.1, 0.15) is 16.8 Å². The Morgan fingerprint density at radius 3 is 2.68 bits per heavy atom. The normalized spacial score (nSPS) is 19.4. The van der Waals surface area contributed by atoms with Gasteiger partial charge in [0.25, 0.3) is 5.91 Å². The molecular weight excluding hydrogens is 420 g/mol. The second kappa shape index (κ2) is 6.60. The third-order valence-electron chi connectivity index (χ3n) is 5.37. The minimum absolute atomic E-state index is 0.0298. The van der Waals surface area contributed by atoms with Gasteiger partial charge in [-0.3, -0.25) is 9.59 Å². The molecule has 2 aromatic carbocycles. The van der Waals surface area contributed by atoms with Crippen molar-refractivity contribution in [1.82, 2.24) is 14.9 Å². The summed E-state index contributed by atoms with van der Waals surface area (Å²) in [7, 11) is 0. The summed E-state index contributed by atoms with van der Waals surface area (Å²) in [6.45, 7) is 0.404. The van der Waals surface area contributed by atoms with E-state index in [4.69, 9.17) is 0 Å². The van der Waals surface area contributed by atoms with Gasteiger partial charge in [0.2, 0.25) is 5.91 Å². The van der Waals surface area contributed by atoms with Gasteiger partial charge in [-0.2, -0.15) is 5.10 Å². The lowest BCUT2D eigenvalue weighted by molar-refractivity contribution is -0.157. The monoisotopic (exact) mass is 436 g/mol. The Balaban J connectivity index is 1.44. The molecule has 0 bridgehead atoms. The van der Waals surface area contributed by atoms with Crippen LogP contribution in [0.15, 0.2) is 58.1 Å². The van der Waals surface area contributed by atoms with Crippen molar-refractivity contribution in [3.05, 3.63) is 69.8 Å². The lowest BCUT2D eigenvalue weighted by Gasteiger charge is -2.40. The first-order chi connectivity index (χ1) is 13.6. The van der Waals surface area contributed by atoms with Gasteiger partial charge in [-0.25, -0.2) is 5.01 Å². The average Bonchev–Trinajstić information content (AvgIpc) is 3.07. The van der Waals surface area contributed by atoms with E-state index in [1.165, 1.54) is 5.01 Å². The second-order valence-corrected chi connectivity index (χ2v) is 7.98. The van der Waals surface area contributed by atoms with Crippen LogP contribution in [0.2, 0.25) is 0 Å². The predicted octanol–water partition coefficient (Wildman–Crippen LogP) is 3.06. The van der Waals surface area contributed by atoms with Crippen LogP contribution < -0.4 is 0 Å². The molecule has 1 aromatic heterocycles. The number of nitrogens with one attached hydrogen (secondary N) is 1. The highest BCUT2D eigenvalue weighted by Gasteiger charge is 2.43. The summed E-state index contributed by atoms with van der Waals surface area (Å²) in [5, 5.41) is 6.72. The molecular formula is C21H17BrN4O2. The highest BCUT2D eigenvalue weighted by molar-refractivity contribution is 9.10. The van der Waals surface area contributed by atoms with E-state index in [-0.39, 0.29) is 18.4 Å². The molecule has 2 amide bonds. The maximum atomic E-state index is 13.0. The number of hydrazone groups is 1. The van der Waals surface area contributed by atoms with Gasteiger partial charge < -0.3 is 9.88 Å². The first kappa shape index (κ1) is 17.2. The zero-order valence-electron chi connectivity index (χ0n) is 14.9. The topological polar surface area (TPSA) is 68.8 Å². The maximum absolute atomic E-state index is 13.0. The third kappa shape index (κ3) is 2.82. The Labute approximate surface area is 169 Å². The molecule has 1 saturated heterocycles. The molecule has 2 aliphatic rings. The molecule has 0 spiro atoms. The van der Waals surface area contributed by atoms with Crippen molar-refractivity contribution in [3.8, 4) is 0 Å². The van der Waals surface area contributed by atoms with E-state index in [9.17, 15) is 9.59 Å². The Morgan fingerprint density at radius 2 is 1.86 bits per heavy atom. The summed E-state index contributed by atoms with van der Waals surface area (Å²) in [5.41, 5.74) is 4.05. The SMILES string of the molecule is O=C1[C@H]2Cc3c([nH]c4ccccc34)CN2C(=O)CN1/N=C\c1ccc(Br)cc1. The molecule has 1 atom stereocenters. The van der Waals surface area contributed by atoms with Crippen LogP contribution in [0.4, 0.5) is 0 Å². The fourth-order valence-electron chi connectivity index (χ4n) is 3.94. The lowest BCUT2D eigenvalue weighted by atomic mass is 9.94. The summed E-state index contributed by atoms with van der Waals surface area (Å²) in [4.78, 5) is 30.8. The zero-order chi connectivity index (χ0) is 19.3. The Hall–Kier alpha value is -2.93. The third-order valence-corrected chi connectivity index (χ3v) is 5.89. The summed E-state index contributed by atoms with van der Waals surface area (Å²) in [5.74, 6) is -0.217. The molecule has 0 radical (unpaired) electrons. The number of carbonyl (C=O) groups is 2. The molecule has 5 rings (SSSR count). The molecule has 1 fully saturated rings. The number of H-pyrrole nitrogens is 1. The van der Waals surface area contributed by atoms with Gasteiger partial charge in [0.15, 0.2) is 0 Å². The number of hydrogen-bond acceptors (Lipinski definition) is 3. The average molecular weight is 437 g/mol. The highest BCUT2D eigenvalue weighted by atomic mass is 79.9. The summed E-state index contributed by atoms with van der Waals surface area (Å²) in [6.07, 6.45) is 2.13. The first-order valence-electron chi connectivity index (χ1n) is 9.09. The van der Waals surface area contributed by atoms with Gasteiger partial charge in [0.1, 0.15) is 12.6 Å². The molecule has 0 unspecified atom stereocenters. The Kier molecular flexibility index (Phi) is 4.05.